The van der Waals surface area contributed by atoms with Crippen molar-refractivity contribution >= 4 is 33.5 Å². The molecule has 3 aromatic carbocycles. The lowest BCUT2D eigenvalue weighted by atomic mass is 10.0. The summed E-state index contributed by atoms with van der Waals surface area (Å²) in [5.74, 6) is -0.748. The number of carboxylic acid groups (broad SMARTS) is 1. The molecule has 212 valence electrons. The van der Waals surface area contributed by atoms with Crippen LogP contribution in [0.2, 0.25) is 0 Å². The molecule has 3 N–H and O–H groups in total. The first-order valence-corrected chi connectivity index (χ1v) is 14.4. The van der Waals surface area contributed by atoms with Crippen LogP contribution in [0.3, 0.4) is 0 Å². The molecular formula is C31H32N4O5S. The molecule has 10 heteroatoms. The third-order valence-corrected chi connectivity index (χ3v) is 8.38. The van der Waals surface area contributed by atoms with Gasteiger partial charge in [0, 0.05) is 18.9 Å². The van der Waals surface area contributed by atoms with Crippen molar-refractivity contribution in [2.24, 2.45) is 0 Å². The van der Waals surface area contributed by atoms with E-state index in [9.17, 15) is 23.1 Å². The zero-order valence-corrected chi connectivity index (χ0v) is 24.1. The first-order chi connectivity index (χ1) is 19.4. The summed E-state index contributed by atoms with van der Waals surface area (Å²) in [5.41, 5.74) is 5.00. The molecule has 41 heavy (non-hydrogen) atoms. The van der Waals surface area contributed by atoms with Gasteiger partial charge in [-0.15, -0.1) is 0 Å². The Morgan fingerprint density at radius 3 is 2.20 bits per heavy atom. The standard InChI is InChI=1S/C31H32N4O5S/c1-20-16-21(2)29(22(3)17-20)41(39,40)34-27(30(36)37)18-23-11-13-24(14-12-23)25-8-7-9-26(19-25)33-31(38)35(4)28-10-5-6-15-32-28/h5-17,19,27,34H,18H2,1-4H3,(H,33,38)(H,36,37)/t27-/m1/s1. The number of sulfonamides is 1. The van der Waals surface area contributed by atoms with E-state index < -0.39 is 22.0 Å². The minimum Gasteiger partial charge on any atom is -0.480 e. The van der Waals surface area contributed by atoms with Crippen LogP contribution in [-0.4, -0.2) is 43.6 Å². The highest BCUT2D eigenvalue weighted by Gasteiger charge is 2.28. The quantitative estimate of drug-likeness (QED) is 0.249. The van der Waals surface area contributed by atoms with Crippen LogP contribution in [0, 0.1) is 20.8 Å². The number of hydrogen-bond donors (Lipinski definition) is 3. The van der Waals surface area contributed by atoms with Gasteiger partial charge >= 0.3 is 12.0 Å². The summed E-state index contributed by atoms with van der Waals surface area (Å²) in [4.78, 5) is 30.4. The highest BCUT2D eigenvalue weighted by atomic mass is 32.2. The largest absolute Gasteiger partial charge is 0.480 e. The monoisotopic (exact) mass is 572 g/mol. The number of carbonyl (C=O) groups is 2. The summed E-state index contributed by atoms with van der Waals surface area (Å²) in [6.07, 6.45) is 1.58. The van der Waals surface area contributed by atoms with Crippen LogP contribution < -0.4 is 14.9 Å². The van der Waals surface area contributed by atoms with Crippen LogP contribution in [-0.2, 0) is 21.2 Å². The van der Waals surface area contributed by atoms with Crippen molar-refractivity contribution in [1.29, 1.82) is 0 Å². The van der Waals surface area contributed by atoms with Crippen molar-refractivity contribution in [1.82, 2.24) is 9.71 Å². The molecule has 9 nitrogen and oxygen atoms in total. The van der Waals surface area contributed by atoms with E-state index in [1.165, 1.54) is 4.90 Å². The van der Waals surface area contributed by atoms with Crippen molar-refractivity contribution < 1.29 is 23.1 Å². The van der Waals surface area contributed by atoms with Gasteiger partial charge in [-0.05, 0) is 79.3 Å². The number of amides is 2. The predicted octanol–water partition coefficient (Wildman–Crippen LogP) is 5.32. The highest BCUT2D eigenvalue weighted by molar-refractivity contribution is 7.89. The Morgan fingerprint density at radius 1 is 0.902 bits per heavy atom. The maximum Gasteiger partial charge on any atom is 0.327 e. The van der Waals surface area contributed by atoms with Crippen LogP contribution in [0.1, 0.15) is 22.3 Å². The molecule has 2 amide bonds. The number of nitrogens with one attached hydrogen (secondary N) is 2. The van der Waals surface area contributed by atoms with E-state index in [0.717, 1.165) is 16.7 Å². The maximum absolute atomic E-state index is 13.1. The smallest absolute Gasteiger partial charge is 0.327 e. The lowest BCUT2D eigenvalue weighted by molar-refractivity contribution is -0.138. The normalized spacial score (nSPS) is 12.0. The Morgan fingerprint density at radius 2 is 1.59 bits per heavy atom. The summed E-state index contributed by atoms with van der Waals surface area (Å²) >= 11 is 0. The lowest BCUT2D eigenvalue weighted by Crippen LogP contribution is -2.42. The minimum absolute atomic E-state index is 0.0330. The molecule has 1 atom stereocenters. The zero-order chi connectivity index (χ0) is 29.7. The Kier molecular flexibility index (Phi) is 8.85. The SMILES string of the molecule is Cc1cc(C)c(S(=O)(=O)N[C@H](Cc2ccc(-c3cccc(NC(=O)N(C)c4ccccn4)c3)cc2)C(=O)O)c(C)c1. The second kappa shape index (κ2) is 12.3. The number of hydrogen-bond acceptors (Lipinski definition) is 5. The Labute approximate surface area is 239 Å². The third-order valence-electron chi connectivity index (χ3n) is 6.61. The number of carboxylic acids is 1. The minimum atomic E-state index is -4.07. The van der Waals surface area contributed by atoms with Crippen LogP contribution in [0.5, 0.6) is 0 Å². The topological polar surface area (TPSA) is 129 Å². The van der Waals surface area contributed by atoms with Crippen molar-refractivity contribution in [3.05, 3.63) is 107 Å². The van der Waals surface area contributed by atoms with Gasteiger partial charge in [-0.2, -0.15) is 4.72 Å². The number of rotatable bonds is 9. The molecule has 0 spiro atoms. The van der Waals surface area contributed by atoms with Crippen LogP contribution >= 0.6 is 0 Å². The van der Waals surface area contributed by atoms with Gasteiger partial charge in [0.1, 0.15) is 11.9 Å². The number of carbonyl (C=O) groups excluding carboxylic acids is 1. The first-order valence-electron chi connectivity index (χ1n) is 12.9. The highest BCUT2D eigenvalue weighted by Crippen LogP contribution is 2.25. The predicted molar refractivity (Wildman–Crippen MR) is 160 cm³/mol. The van der Waals surface area contributed by atoms with E-state index in [1.54, 1.807) is 75.6 Å². The first kappa shape index (κ1) is 29.4. The van der Waals surface area contributed by atoms with Crippen LogP contribution in [0.15, 0.2) is 90.0 Å². The average molecular weight is 573 g/mol. The van der Waals surface area contributed by atoms with Gasteiger partial charge in [-0.25, -0.2) is 18.2 Å². The number of aryl methyl sites for hydroxylation is 3. The van der Waals surface area contributed by atoms with Gasteiger partial charge in [-0.1, -0.05) is 60.2 Å². The number of urea groups is 1. The fraction of sp³-hybridized carbons (Fsp3) is 0.194. The van der Waals surface area contributed by atoms with E-state index in [4.69, 9.17) is 0 Å². The van der Waals surface area contributed by atoms with Gasteiger partial charge in [0.05, 0.1) is 4.90 Å². The van der Waals surface area contributed by atoms with Crippen molar-refractivity contribution in [3.63, 3.8) is 0 Å². The molecule has 0 aliphatic carbocycles. The summed E-state index contributed by atoms with van der Waals surface area (Å²) < 4.78 is 28.7. The van der Waals surface area contributed by atoms with E-state index in [0.29, 0.717) is 28.2 Å². The maximum atomic E-state index is 13.1. The molecule has 1 heterocycles. The summed E-state index contributed by atoms with van der Waals surface area (Å²) in [6.45, 7) is 5.27. The molecule has 4 aromatic rings. The molecule has 1 aromatic heterocycles. The average Bonchev–Trinajstić information content (AvgIpc) is 2.92. The van der Waals surface area contributed by atoms with Gasteiger partial charge in [0.2, 0.25) is 10.0 Å². The molecule has 0 radical (unpaired) electrons. The zero-order valence-electron chi connectivity index (χ0n) is 23.3. The van der Waals surface area contributed by atoms with Crippen LogP contribution in [0.25, 0.3) is 11.1 Å². The number of nitrogens with zero attached hydrogens (tertiary/aromatic N) is 2. The molecule has 0 fully saturated rings. The Balaban J connectivity index is 1.47. The second-order valence-corrected chi connectivity index (χ2v) is 11.5. The number of pyridine rings is 1. The summed E-state index contributed by atoms with van der Waals surface area (Å²) in [6, 6.07) is 21.7. The number of aromatic nitrogens is 1. The Hall–Kier alpha value is -4.54. The molecule has 0 unspecified atom stereocenters. The number of anilines is 2. The lowest BCUT2D eigenvalue weighted by Gasteiger charge is -2.18. The van der Waals surface area contributed by atoms with Crippen molar-refractivity contribution in [3.8, 4) is 11.1 Å². The van der Waals surface area contributed by atoms with Gasteiger partial charge in [0.15, 0.2) is 0 Å². The van der Waals surface area contributed by atoms with Crippen LogP contribution in [0.4, 0.5) is 16.3 Å². The molecular weight excluding hydrogens is 540 g/mol. The summed E-state index contributed by atoms with van der Waals surface area (Å²) in [5, 5.41) is 12.7. The molecule has 0 saturated heterocycles. The molecule has 0 saturated carbocycles. The fourth-order valence-electron chi connectivity index (χ4n) is 4.73. The van der Waals surface area contributed by atoms with Gasteiger partial charge in [0.25, 0.3) is 0 Å². The van der Waals surface area contributed by atoms with E-state index in [2.05, 4.69) is 15.0 Å². The number of benzene rings is 3. The molecule has 0 aliphatic rings. The van der Waals surface area contributed by atoms with Gasteiger partial charge < -0.3 is 10.4 Å². The molecule has 4 rings (SSSR count). The molecule has 0 aliphatic heterocycles. The van der Waals surface area contributed by atoms with Crippen molar-refractivity contribution in [2.45, 2.75) is 38.1 Å². The third kappa shape index (κ3) is 7.16. The fourth-order valence-corrected chi connectivity index (χ4v) is 6.37. The molecule has 0 bridgehead atoms. The van der Waals surface area contributed by atoms with Crippen molar-refractivity contribution in [2.75, 3.05) is 17.3 Å². The van der Waals surface area contributed by atoms with E-state index in [-0.39, 0.29) is 17.3 Å². The van der Waals surface area contributed by atoms with E-state index >= 15 is 0 Å². The second-order valence-electron chi connectivity index (χ2n) is 9.90. The van der Waals surface area contributed by atoms with Gasteiger partial charge in [-0.3, -0.25) is 9.69 Å². The Bertz CT molecular complexity index is 1650. The van der Waals surface area contributed by atoms with E-state index in [1.807, 2.05) is 37.3 Å². The summed E-state index contributed by atoms with van der Waals surface area (Å²) in [7, 11) is -2.43. The number of aliphatic carboxylic acids is 1.